The number of aryl methyl sites for hydroxylation is 2. The number of benzene rings is 3. The molecule has 0 amide bonds. The molecule has 0 fully saturated rings. The van der Waals surface area contributed by atoms with Gasteiger partial charge in [-0.3, -0.25) is 0 Å². The van der Waals surface area contributed by atoms with Crippen LogP contribution >= 0.6 is 0 Å². The molecular weight excluding hydrogens is 278 g/mol. The van der Waals surface area contributed by atoms with Crippen molar-refractivity contribution in [3.05, 3.63) is 89.5 Å². The van der Waals surface area contributed by atoms with E-state index in [4.69, 9.17) is 6.42 Å². The van der Waals surface area contributed by atoms with Crippen molar-refractivity contribution in [2.24, 2.45) is 0 Å². The molecule has 3 rings (SSSR count). The molecule has 1 heteroatoms. The van der Waals surface area contributed by atoms with Crippen LogP contribution in [0.2, 0.25) is 0 Å². The summed E-state index contributed by atoms with van der Waals surface area (Å²) in [5.74, 6) is 2.68. The van der Waals surface area contributed by atoms with E-state index in [-0.39, 0.29) is 0 Å². The molecule has 0 aromatic heterocycles. The van der Waals surface area contributed by atoms with Gasteiger partial charge in [0, 0.05) is 22.6 Å². The zero-order chi connectivity index (χ0) is 16.2. The Bertz CT molecular complexity index is 808. The molecule has 0 aliphatic rings. The van der Waals surface area contributed by atoms with Gasteiger partial charge in [-0.2, -0.15) is 0 Å². The maximum absolute atomic E-state index is 5.48. The van der Waals surface area contributed by atoms with Crippen LogP contribution in [0.3, 0.4) is 0 Å². The lowest BCUT2D eigenvalue weighted by Gasteiger charge is -2.28. The Morgan fingerprint density at radius 3 is 1.61 bits per heavy atom. The van der Waals surface area contributed by atoms with Crippen LogP contribution in [0.5, 0.6) is 0 Å². The van der Waals surface area contributed by atoms with Gasteiger partial charge in [0.05, 0.1) is 0 Å². The van der Waals surface area contributed by atoms with Gasteiger partial charge in [0.2, 0.25) is 0 Å². The minimum Gasteiger partial charge on any atom is -0.310 e. The van der Waals surface area contributed by atoms with E-state index in [1.165, 1.54) is 22.5 Å². The first kappa shape index (κ1) is 14.9. The Hall–Kier alpha value is -2.98. The number of terminal acetylenes is 1. The Labute approximate surface area is 138 Å². The SMILES string of the molecule is C#Cc1ccc(N(c2ccccc2C)c2ccccc2C)cc1. The van der Waals surface area contributed by atoms with Crippen LogP contribution in [-0.4, -0.2) is 0 Å². The van der Waals surface area contributed by atoms with Gasteiger partial charge in [-0.15, -0.1) is 6.42 Å². The van der Waals surface area contributed by atoms with Gasteiger partial charge < -0.3 is 4.90 Å². The number of para-hydroxylation sites is 2. The Balaban J connectivity index is 2.20. The predicted octanol–water partition coefficient (Wildman–Crippen LogP) is 5.75. The summed E-state index contributed by atoms with van der Waals surface area (Å²) in [5.41, 5.74) is 6.81. The van der Waals surface area contributed by atoms with E-state index in [2.05, 4.69) is 85.3 Å². The summed E-state index contributed by atoms with van der Waals surface area (Å²) in [7, 11) is 0. The van der Waals surface area contributed by atoms with Crippen LogP contribution in [0.1, 0.15) is 16.7 Å². The van der Waals surface area contributed by atoms with Crippen molar-refractivity contribution in [3.63, 3.8) is 0 Å². The van der Waals surface area contributed by atoms with Crippen LogP contribution in [0.4, 0.5) is 17.1 Å². The molecule has 0 saturated carbocycles. The number of anilines is 3. The second kappa shape index (κ2) is 6.42. The van der Waals surface area contributed by atoms with E-state index in [0.29, 0.717) is 0 Å². The first-order valence-corrected chi connectivity index (χ1v) is 7.69. The molecule has 0 unspecified atom stereocenters. The van der Waals surface area contributed by atoms with E-state index in [9.17, 15) is 0 Å². The summed E-state index contributed by atoms with van der Waals surface area (Å²) in [5, 5.41) is 0. The normalized spacial score (nSPS) is 10.1. The summed E-state index contributed by atoms with van der Waals surface area (Å²) >= 11 is 0. The van der Waals surface area contributed by atoms with Crippen molar-refractivity contribution in [3.8, 4) is 12.3 Å². The fourth-order valence-electron chi connectivity index (χ4n) is 2.74. The van der Waals surface area contributed by atoms with Gasteiger partial charge in [0.1, 0.15) is 0 Å². The van der Waals surface area contributed by atoms with Crippen LogP contribution in [-0.2, 0) is 0 Å². The van der Waals surface area contributed by atoms with E-state index < -0.39 is 0 Å². The predicted molar refractivity (Wildman–Crippen MR) is 98.5 cm³/mol. The molecule has 0 aliphatic heterocycles. The molecule has 23 heavy (non-hydrogen) atoms. The van der Waals surface area contributed by atoms with Crippen molar-refractivity contribution in [2.75, 3.05) is 4.90 Å². The highest BCUT2D eigenvalue weighted by molar-refractivity contribution is 5.80. The van der Waals surface area contributed by atoms with E-state index >= 15 is 0 Å². The number of hydrogen-bond acceptors (Lipinski definition) is 1. The third kappa shape index (κ3) is 2.98. The van der Waals surface area contributed by atoms with Gasteiger partial charge in [0.15, 0.2) is 0 Å². The largest absolute Gasteiger partial charge is 0.310 e. The third-order valence-electron chi connectivity index (χ3n) is 4.00. The number of rotatable bonds is 3. The fourth-order valence-corrected chi connectivity index (χ4v) is 2.74. The van der Waals surface area contributed by atoms with Crippen LogP contribution < -0.4 is 4.90 Å². The zero-order valence-corrected chi connectivity index (χ0v) is 13.5. The van der Waals surface area contributed by atoms with Crippen molar-refractivity contribution in [2.45, 2.75) is 13.8 Å². The zero-order valence-electron chi connectivity index (χ0n) is 13.5. The molecule has 0 spiro atoms. The van der Waals surface area contributed by atoms with Crippen molar-refractivity contribution >= 4 is 17.1 Å². The Morgan fingerprint density at radius 2 is 1.17 bits per heavy atom. The summed E-state index contributed by atoms with van der Waals surface area (Å²) in [6, 6.07) is 25.0. The molecule has 0 N–H and O–H groups in total. The highest BCUT2D eigenvalue weighted by atomic mass is 15.1. The quantitative estimate of drug-likeness (QED) is 0.556. The molecule has 112 valence electrons. The van der Waals surface area contributed by atoms with Crippen molar-refractivity contribution < 1.29 is 0 Å². The van der Waals surface area contributed by atoms with Crippen LogP contribution in [0.25, 0.3) is 0 Å². The van der Waals surface area contributed by atoms with Crippen LogP contribution in [0, 0.1) is 26.2 Å². The highest BCUT2D eigenvalue weighted by Gasteiger charge is 2.15. The summed E-state index contributed by atoms with van der Waals surface area (Å²) in [4.78, 5) is 2.28. The number of nitrogens with zero attached hydrogens (tertiary/aromatic N) is 1. The van der Waals surface area contributed by atoms with E-state index in [1.807, 2.05) is 12.1 Å². The molecule has 0 bridgehead atoms. The molecule has 1 nitrogen and oxygen atoms in total. The topological polar surface area (TPSA) is 3.24 Å². The molecule has 0 aliphatic carbocycles. The minimum absolute atomic E-state index is 0.892. The average Bonchev–Trinajstić information content (AvgIpc) is 2.59. The fraction of sp³-hybridized carbons (Fsp3) is 0.0909. The van der Waals surface area contributed by atoms with E-state index in [0.717, 1.165) is 11.3 Å². The average molecular weight is 297 g/mol. The van der Waals surface area contributed by atoms with Crippen molar-refractivity contribution in [1.29, 1.82) is 0 Å². The number of hydrogen-bond donors (Lipinski definition) is 0. The van der Waals surface area contributed by atoms with Gasteiger partial charge >= 0.3 is 0 Å². The summed E-state index contributed by atoms with van der Waals surface area (Å²) < 4.78 is 0. The molecular formula is C22H19N. The van der Waals surface area contributed by atoms with Gasteiger partial charge in [-0.25, -0.2) is 0 Å². The molecule has 3 aromatic carbocycles. The van der Waals surface area contributed by atoms with E-state index in [1.54, 1.807) is 0 Å². The van der Waals surface area contributed by atoms with Gasteiger partial charge in [-0.05, 0) is 61.4 Å². The second-order valence-corrected chi connectivity index (χ2v) is 5.60. The first-order valence-electron chi connectivity index (χ1n) is 7.69. The van der Waals surface area contributed by atoms with Gasteiger partial charge in [-0.1, -0.05) is 42.3 Å². The Morgan fingerprint density at radius 1 is 0.696 bits per heavy atom. The maximum atomic E-state index is 5.48. The van der Waals surface area contributed by atoms with Crippen LogP contribution in [0.15, 0.2) is 72.8 Å². The standard InChI is InChI=1S/C22H19N/c1-4-19-13-15-20(16-14-19)23(21-11-7-5-9-17(21)2)22-12-8-6-10-18(22)3/h1,5-16H,2-3H3. The summed E-state index contributed by atoms with van der Waals surface area (Å²) in [6.45, 7) is 4.27. The molecule has 0 saturated heterocycles. The second-order valence-electron chi connectivity index (χ2n) is 5.60. The lowest BCUT2D eigenvalue weighted by molar-refractivity contribution is 1.22. The summed E-state index contributed by atoms with van der Waals surface area (Å²) in [6.07, 6.45) is 5.48. The molecule has 0 heterocycles. The first-order chi connectivity index (χ1) is 11.2. The monoisotopic (exact) mass is 297 g/mol. The highest BCUT2D eigenvalue weighted by Crippen LogP contribution is 2.37. The third-order valence-corrected chi connectivity index (χ3v) is 4.00. The molecule has 3 aromatic rings. The Kier molecular flexibility index (Phi) is 4.17. The maximum Gasteiger partial charge on any atom is 0.0490 e. The minimum atomic E-state index is 0.892. The van der Waals surface area contributed by atoms with Gasteiger partial charge in [0.25, 0.3) is 0 Å². The molecule has 0 radical (unpaired) electrons. The molecule has 0 atom stereocenters. The lowest BCUT2D eigenvalue weighted by atomic mass is 10.1. The lowest BCUT2D eigenvalue weighted by Crippen LogP contribution is -2.12. The van der Waals surface area contributed by atoms with Crippen molar-refractivity contribution in [1.82, 2.24) is 0 Å². The smallest absolute Gasteiger partial charge is 0.0490 e.